The second-order valence-corrected chi connectivity index (χ2v) is 6.09. The van der Waals surface area contributed by atoms with Crippen LogP contribution in [-0.4, -0.2) is 29.3 Å². The number of aryl methyl sites for hydroxylation is 1. The number of benzene rings is 1. The number of rotatable bonds is 4. The summed E-state index contributed by atoms with van der Waals surface area (Å²) in [6.07, 6.45) is 0.956. The van der Waals surface area contributed by atoms with E-state index in [4.69, 9.17) is 4.74 Å². The summed E-state index contributed by atoms with van der Waals surface area (Å²) in [4.78, 5) is 12.4. The van der Waals surface area contributed by atoms with Crippen molar-refractivity contribution in [3.63, 3.8) is 0 Å². The minimum Gasteiger partial charge on any atom is -0.381 e. The van der Waals surface area contributed by atoms with Gasteiger partial charge in [0.1, 0.15) is 11.6 Å². The zero-order valence-electron chi connectivity index (χ0n) is 13.4. The van der Waals surface area contributed by atoms with Gasteiger partial charge in [0.2, 0.25) is 5.91 Å². The molecule has 0 bridgehead atoms. The van der Waals surface area contributed by atoms with Crippen LogP contribution in [0, 0.1) is 18.6 Å². The predicted octanol–water partition coefficient (Wildman–Crippen LogP) is 2.36. The Morgan fingerprint density at radius 3 is 2.71 bits per heavy atom. The summed E-state index contributed by atoms with van der Waals surface area (Å²) in [6, 6.07) is 5.23. The molecule has 1 saturated heterocycles. The summed E-state index contributed by atoms with van der Waals surface area (Å²) in [5.74, 6) is -1.56. The number of aromatic nitrogens is 2. The lowest BCUT2D eigenvalue weighted by Gasteiger charge is -2.38. The molecule has 0 unspecified atom stereocenters. The highest BCUT2D eigenvalue weighted by Gasteiger charge is 2.38. The van der Waals surface area contributed by atoms with Crippen molar-refractivity contribution in [2.75, 3.05) is 13.2 Å². The molecule has 1 aromatic carbocycles. The average Bonchev–Trinajstić information content (AvgIpc) is 2.92. The van der Waals surface area contributed by atoms with E-state index in [1.807, 2.05) is 6.92 Å². The summed E-state index contributed by atoms with van der Waals surface area (Å²) in [6.45, 7) is 2.65. The Kier molecular flexibility index (Phi) is 4.62. The van der Waals surface area contributed by atoms with E-state index in [1.165, 1.54) is 12.1 Å². The normalized spacial score (nSPS) is 16.8. The molecule has 2 heterocycles. The highest BCUT2D eigenvalue weighted by molar-refractivity contribution is 5.79. The molecule has 5 nitrogen and oxygen atoms in total. The first kappa shape index (κ1) is 16.6. The Labute approximate surface area is 138 Å². The smallest absolute Gasteiger partial charge is 0.226 e. The van der Waals surface area contributed by atoms with Crippen molar-refractivity contribution in [1.29, 1.82) is 0 Å². The number of nitrogens with one attached hydrogen (secondary N) is 2. The first-order valence-corrected chi connectivity index (χ1v) is 7.84. The maximum Gasteiger partial charge on any atom is 0.226 e. The van der Waals surface area contributed by atoms with E-state index >= 15 is 0 Å². The van der Waals surface area contributed by atoms with Gasteiger partial charge in [-0.05, 0) is 31.9 Å². The molecule has 0 spiro atoms. The van der Waals surface area contributed by atoms with E-state index in [0.29, 0.717) is 37.3 Å². The molecule has 2 N–H and O–H groups in total. The van der Waals surface area contributed by atoms with Gasteiger partial charge < -0.3 is 10.1 Å². The predicted molar refractivity (Wildman–Crippen MR) is 83.3 cm³/mol. The third kappa shape index (κ3) is 3.46. The molecule has 24 heavy (non-hydrogen) atoms. The summed E-state index contributed by atoms with van der Waals surface area (Å²) >= 11 is 0. The van der Waals surface area contributed by atoms with Crippen molar-refractivity contribution in [3.8, 4) is 0 Å². The van der Waals surface area contributed by atoms with E-state index in [2.05, 4.69) is 15.5 Å². The lowest BCUT2D eigenvalue weighted by atomic mass is 9.82. The molecule has 7 heteroatoms. The second kappa shape index (κ2) is 6.68. The van der Waals surface area contributed by atoms with Crippen LogP contribution in [0.2, 0.25) is 0 Å². The Balaban J connectivity index is 1.84. The van der Waals surface area contributed by atoms with Crippen LogP contribution in [0.3, 0.4) is 0 Å². The highest BCUT2D eigenvalue weighted by Crippen LogP contribution is 2.34. The van der Waals surface area contributed by atoms with Crippen molar-refractivity contribution in [2.45, 2.75) is 31.7 Å². The van der Waals surface area contributed by atoms with E-state index in [9.17, 15) is 13.6 Å². The Bertz CT molecular complexity index is 739. The summed E-state index contributed by atoms with van der Waals surface area (Å²) in [5.41, 5.74) is 0.882. The summed E-state index contributed by atoms with van der Waals surface area (Å²) in [5, 5.41) is 9.75. The highest BCUT2D eigenvalue weighted by atomic mass is 19.1. The second-order valence-electron chi connectivity index (χ2n) is 6.09. The van der Waals surface area contributed by atoms with Gasteiger partial charge in [-0.2, -0.15) is 5.10 Å². The van der Waals surface area contributed by atoms with Gasteiger partial charge in [-0.3, -0.25) is 9.89 Å². The Morgan fingerprint density at radius 1 is 1.33 bits per heavy atom. The molecule has 0 saturated carbocycles. The van der Waals surface area contributed by atoms with Gasteiger partial charge in [0.05, 0.1) is 17.7 Å². The standard InChI is InChI=1S/C17H19F2N3O2/c1-11-8-13(22-21-11)10-16(23)20-17(4-6-24-7-5-17)14-3-2-12(18)9-15(14)19/h2-3,8-9H,4-7,10H2,1H3,(H,20,23)(H,21,22). The molecule has 2 aromatic rings. The third-order valence-corrected chi connectivity index (χ3v) is 4.27. The van der Waals surface area contributed by atoms with Crippen LogP contribution in [0.25, 0.3) is 0 Å². The van der Waals surface area contributed by atoms with E-state index < -0.39 is 17.2 Å². The fraction of sp³-hybridized carbons (Fsp3) is 0.412. The number of halogens is 2. The zero-order valence-corrected chi connectivity index (χ0v) is 13.4. The van der Waals surface area contributed by atoms with Crippen LogP contribution in [0.15, 0.2) is 24.3 Å². The lowest BCUT2D eigenvalue weighted by Crippen LogP contribution is -2.50. The molecule has 1 fully saturated rings. The van der Waals surface area contributed by atoms with Crippen molar-refractivity contribution >= 4 is 5.91 Å². The number of hydrogen-bond acceptors (Lipinski definition) is 3. The van der Waals surface area contributed by atoms with Gasteiger partial charge in [0, 0.05) is 30.5 Å². The molecule has 0 radical (unpaired) electrons. The topological polar surface area (TPSA) is 67.0 Å². The first-order chi connectivity index (χ1) is 11.5. The van der Waals surface area contributed by atoms with Crippen molar-refractivity contribution < 1.29 is 18.3 Å². The largest absolute Gasteiger partial charge is 0.381 e. The quantitative estimate of drug-likeness (QED) is 0.901. The molecule has 1 amide bonds. The van der Waals surface area contributed by atoms with Crippen LogP contribution in [-0.2, 0) is 21.5 Å². The molecule has 1 aliphatic heterocycles. The molecule has 1 aliphatic rings. The van der Waals surface area contributed by atoms with Crippen molar-refractivity contribution in [1.82, 2.24) is 15.5 Å². The van der Waals surface area contributed by atoms with Gasteiger partial charge in [-0.15, -0.1) is 0 Å². The maximum absolute atomic E-state index is 14.3. The van der Waals surface area contributed by atoms with Crippen LogP contribution >= 0.6 is 0 Å². The maximum atomic E-state index is 14.3. The number of carbonyl (C=O) groups excluding carboxylic acids is 1. The van der Waals surface area contributed by atoms with Crippen molar-refractivity contribution in [3.05, 3.63) is 52.9 Å². The monoisotopic (exact) mass is 335 g/mol. The molecular weight excluding hydrogens is 316 g/mol. The average molecular weight is 335 g/mol. The number of ether oxygens (including phenoxy) is 1. The van der Waals surface area contributed by atoms with E-state index in [-0.39, 0.29) is 12.3 Å². The molecule has 0 aliphatic carbocycles. The van der Waals surface area contributed by atoms with Crippen molar-refractivity contribution in [2.24, 2.45) is 0 Å². The number of nitrogens with zero attached hydrogens (tertiary/aromatic N) is 1. The number of amides is 1. The summed E-state index contributed by atoms with van der Waals surface area (Å²) in [7, 11) is 0. The Hall–Kier alpha value is -2.28. The number of hydrogen-bond donors (Lipinski definition) is 2. The SMILES string of the molecule is Cc1cc(CC(=O)NC2(c3ccc(F)cc3F)CCOCC2)n[nH]1. The fourth-order valence-corrected chi connectivity index (χ4v) is 3.10. The van der Waals surface area contributed by atoms with E-state index in [1.54, 1.807) is 6.07 Å². The summed E-state index contributed by atoms with van der Waals surface area (Å²) < 4.78 is 32.9. The van der Waals surface area contributed by atoms with Crippen LogP contribution < -0.4 is 5.32 Å². The molecule has 1 aromatic heterocycles. The van der Waals surface area contributed by atoms with Crippen LogP contribution in [0.4, 0.5) is 8.78 Å². The van der Waals surface area contributed by atoms with Gasteiger partial charge in [-0.25, -0.2) is 8.78 Å². The molecular formula is C17H19F2N3O2. The number of carbonyl (C=O) groups is 1. The minimum absolute atomic E-state index is 0.0930. The van der Waals surface area contributed by atoms with Gasteiger partial charge in [-0.1, -0.05) is 6.07 Å². The fourth-order valence-electron chi connectivity index (χ4n) is 3.10. The van der Waals surface area contributed by atoms with Gasteiger partial charge >= 0.3 is 0 Å². The number of aromatic amines is 1. The molecule has 3 rings (SSSR count). The minimum atomic E-state index is -0.890. The Morgan fingerprint density at radius 2 is 2.08 bits per heavy atom. The first-order valence-electron chi connectivity index (χ1n) is 7.84. The van der Waals surface area contributed by atoms with Crippen LogP contribution in [0.5, 0.6) is 0 Å². The van der Waals surface area contributed by atoms with Gasteiger partial charge in [0.25, 0.3) is 0 Å². The van der Waals surface area contributed by atoms with Gasteiger partial charge in [0.15, 0.2) is 0 Å². The zero-order chi connectivity index (χ0) is 17.2. The van der Waals surface area contributed by atoms with Crippen LogP contribution in [0.1, 0.15) is 29.8 Å². The van der Waals surface area contributed by atoms with E-state index in [0.717, 1.165) is 11.8 Å². The molecule has 128 valence electrons. The number of H-pyrrole nitrogens is 1. The molecule has 0 atom stereocenters. The lowest BCUT2D eigenvalue weighted by molar-refractivity contribution is -0.124. The third-order valence-electron chi connectivity index (χ3n) is 4.27.